The second-order valence-corrected chi connectivity index (χ2v) is 3.43. The van der Waals surface area contributed by atoms with Crippen LogP contribution in [0, 0.1) is 0 Å². The van der Waals surface area contributed by atoms with Crippen LogP contribution in [0.25, 0.3) is 0 Å². The number of aliphatic hydroxyl groups is 1. The van der Waals surface area contributed by atoms with Crippen molar-refractivity contribution in [2.24, 2.45) is 0 Å². The van der Waals surface area contributed by atoms with E-state index in [9.17, 15) is 4.79 Å². The summed E-state index contributed by atoms with van der Waals surface area (Å²) >= 11 is 0. The first-order valence-corrected chi connectivity index (χ1v) is 5.00. The van der Waals surface area contributed by atoms with E-state index in [0.29, 0.717) is 6.61 Å². The van der Waals surface area contributed by atoms with Gasteiger partial charge in [-0.05, 0) is 5.56 Å². The molecule has 84 valence electrons. The normalized spacial score (nSPS) is 19.2. The van der Waals surface area contributed by atoms with Gasteiger partial charge in [-0.3, -0.25) is 0 Å². The predicted molar refractivity (Wildman–Crippen MR) is 56.3 cm³/mol. The zero-order valence-corrected chi connectivity index (χ0v) is 8.63. The highest BCUT2D eigenvalue weighted by molar-refractivity contribution is 5.88. The second-order valence-electron chi connectivity index (χ2n) is 3.43. The lowest BCUT2D eigenvalue weighted by Gasteiger charge is -2.04. The van der Waals surface area contributed by atoms with Gasteiger partial charge in [0, 0.05) is 6.08 Å². The Balaban J connectivity index is 1.94. The quantitative estimate of drug-likeness (QED) is 0.769. The summed E-state index contributed by atoms with van der Waals surface area (Å²) in [6.07, 6.45) is 0.920. The Kier molecular flexibility index (Phi) is 3.22. The first-order valence-electron chi connectivity index (χ1n) is 5.00. The van der Waals surface area contributed by atoms with Crippen molar-refractivity contribution in [3.05, 3.63) is 47.7 Å². The van der Waals surface area contributed by atoms with Crippen molar-refractivity contribution < 1.29 is 19.4 Å². The van der Waals surface area contributed by atoms with Gasteiger partial charge in [0.15, 0.2) is 0 Å². The Bertz CT molecular complexity index is 397. The minimum Gasteiger partial charge on any atom is -0.482 e. The van der Waals surface area contributed by atoms with Gasteiger partial charge < -0.3 is 14.6 Å². The van der Waals surface area contributed by atoms with E-state index >= 15 is 0 Å². The van der Waals surface area contributed by atoms with Gasteiger partial charge in [-0.15, -0.1) is 0 Å². The molecule has 0 amide bonds. The highest BCUT2D eigenvalue weighted by Gasteiger charge is 2.26. The topological polar surface area (TPSA) is 55.8 Å². The fourth-order valence-electron chi connectivity index (χ4n) is 1.40. The second kappa shape index (κ2) is 4.81. The molecule has 1 atom stereocenters. The summed E-state index contributed by atoms with van der Waals surface area (Å²) in [6, 6.07) is 9.52. The molecule has 4 nitrogen and oxygen atoms in total. The van der Waals surface area contributed by atoms with E-state index in [0.717, 1.165) is 5.56 Å². The van der Waals surface area contributed by atoms with Crippen LogP contribution in [-0.4, -0.2) is 23.8 Å². The smallest absolute Gasteiger partial charge is 0.374 e. The molecule has 16 heavy (non-hydrogen) atoms. The zero-order chi connectivity index (χ0) is 11.4. The van der Waals surface area contributed by atoms with Gasteiger partial charge >= 0.3 is 5.97 Å². The highest BCUT2D eigenvalue weighted by atomic mass is 16.6. The van der Waals surface area contributed by atoms with E-state index in [1.165, 1.54) is 6.08 Å². The molecule has 1 heterocycles. The molecule has 2 rings (SSSR count). The average Bonchev–Trinajstić information content (AvgIpc) is 2.69. The summed E-state index contributed by atoms with van der Waals surface area (Å²) in [5.41, 5.74) is 0.976. The Morgan fingerprint density at radius 2 is 2.06 bits per heavy atom. The molecule has 0 unspecified atom stereocenters. The van der Waals surface area contributed by atoms with Gasteiger partial charge in [-0.2, -0.15) is 0 Å². The minimum atomic E-state index is -0.571. The number of carbonyl (C=O) groups excluding carboxylic acids is 1. The van der Waals surface area contributed by atoms with Crippen molar-refractivity contribution in [1.29, 1.82) is 0 Å². The molecule has 1 aromatic rings. The number of benzene rings is 1. The zero-order valence-electron chi connectivity index (χ0n) is 8.63. The first-order chi connectivity index (χ1) is 7.79. The van der Waals surface area contributed by atoms with Crippen LogP contribution in [0.1, 0.15) is 5.56 Å². The maximum absolute atomic E-state index is 11.2. The molecule has 1 aliphatic heterocycles. The van der Waals surface area contributed by atoms with Crippen LogP contribution in [0.5, 0.6) is 0 Å². The summed E-state index contributed by atoms with van der Waals surface area (Å²) in [5, 5.41) is 8.81. The third-order valence-electron chi connectivity index (χ3n) is 2.21. The summed E-state index contributed by atoms with van der Waals surface area (Å²) in [4.78, 5) is 11.2. The number of hydrogen-bond acceptors (Lipinski definition) is 4. The molecule has 0 spiro atoms. The molecule has 0 aromatic heterocycles. The van der Waals surface area contributed by atoms with Crippen molar-refractivity contribution in [2.45, 2.75) is 12.7 Å². The summed E-state index contributed by atoms with van der Waals surface area (Å²) in [7, 11) is 0. The van der Waals surface area contributed by atoms with Crippen molar-refractivity contribution in [2.75, 3.05) is 6.61 Å². The van der Waals surface area contributed by atoms with E-state index < -0.39 is 12.1 Å². The predicted octanol–water partition coefficient (Wildman–Crippen LogP) is 1.00. The average molecular weight is 220 g/mol. The molecule has 1 aromatic carbocycles. The number of rotatable bonds is 4. The number of hydrogen-bond donors (Lipinski definition) is 1. The number of aliphatic hydroxyl groups excluding tert-OH is 1. The summed E-state index contributed by atoms with van der Waals surface area (Å²) in [5.74, 6) is -0.349. The molecular weight excluding hydrogens is 208 g/mol. The molecule has 0 fully saturated rings. The maximum Gasteiger partial charge on any atom is 0.374 e. The standard InChI is InChI=1S/C12H12O4/c13-7-10-6-11(12(14)16-10)15-8-9-4-2-1-3-5-9/h1-6,10,13H,7-8H2/t10-/m0/s1. The third-order valence-corrected chi connectivity index (χ3v) is 2.21. The van der Waals surface area contributed by atoms with Gasteiger partial charge in [0.05, 0.1) is 6.61 Å². The van der Waals surface area contributed by atoms with Crippen molar-refractivity contribution >= 4 is 5.97 Å². The van der Waals surface area contributed by atoms with Gasteiger partial charge in [-0.25, -0.2) is 4.79 Å². The molecule has 0 saturated heterocycles. The number of ether oxygens (including phenoxy) is 2. The van der Waals surface area contributed by atoms with Crippen LogP contribution >= 0.6 is 0 Å². The lowest BCUT2D eigenvalue weighted by Crippen LogP contribution is -2.12. The van der Waals surface area contributed by atoms with E-state index in [-0.39, 0.29) is 12.4 Å². The van der Waals surface area contributed by atoms with Crippen LogP contribution in [0.4, 0.5) is 0 Å². The van der Waals surface area contributed by atoms with Crippen molar-refractivity contribution in [3.8, 4) is 0 Å². The number of carbonyl (C=O) groups is 1. The lowest BCUT2D eigenvalue weighted by molar-refractivity contribution is -0.144. The fourth-order valence-corrected chi connectivity index (χ4v) is 1.40. The lowest BCUT2D eigenvalue weighted by atomic mass is 10.2. The van der Waals surface area contributed by atoms with Gasteiger partial charge in [0.2, 0.25) is 5.76 Å². The number of cyclic esters (lactones) is 1. The number of esters is 1. The molecule has 4 heteroatoms. The first kappa shape index (κ1) is 10.7. The summed E-state index contributed by atoms with van der Waals surface area (Å²) < 4.78 is 10.1. The Morgan fingerprint density at radius 3 is 2.69 bits per heavy atom. The Morgan fingerprint density at radius 1 is 1.31 bits per heavy atom. The van der Waals surface area contributed by atoms with Gasteiger partial charge in [0.1, 0.15) is 12.7 Å². The van der Waals surface area contributed by atoms with Crippen LogP contribution in [0.3, 0.4) is 0 Å². The Labute approximate surface area is 93.1 Å². The Hall–Kier alpha value is -1.81. The fraction of sp³-hybridized carbons (Fsp3) is 0.250. The van der Waals surface area contributed by atoms with E-state index in [4.69, 9.17) is 14.6 Å². The molecule has 0 saturated carbocycles. The molecule has 1 aliphatic rings. The third kappa shape index (κ3) is 2.41. The molecule has 0 bridgehead atoms. The molecule has 1 N–H and O–H groups in total. The summed E-state index contributed by atoms with van der Waals surface area (Å²) in [6.45, 7) is 0.101. The van der Waals surface area contributed by atoms with E-state index in [1.54, 1.807) is 0 Å². The van der Waals surface area contributed by atoms with Crippen LogP contribution < -0.4 is 0 Å². The van der Waals surface area contributed by atoms with Crippen molar-refractivity contribution in [1.82, 2.24) is 0 Å². The minimum absolute atomic E-state index is 0.169. The largest absolute Gasteiger partial charge is 0.482 e. The highest BCUT2D eigenvalue weighted by Crippen LogP contribution is 2.16. The van der Waals surface area contributed by atoms with Gasteiger partial charge in [-0.1, -0.05) is 30.3 Å². The maximum atomic E-state index is 11.2. The van der Waals surface area contributed by atoms with E-state index in [1.807, 2.05) is 30.3 Å². The SMILES string of the molecule is O=C1O[C@H](CO)C=C1OCc1ccccc1. The molecule has 0 aliphatic carbocycles. The van der Waals surface area contributed by atoms with Crippen LogP contribution in [0.15, 0.2) is 42.2 Å². The monoisotopic (exact) mass is 220 g/mol. The molecular formula is C12H12O4. The van der Waals surface area contributed by atoms with Gasteiger partial charge in [0.25, 0.3) is 0 Å². The van der Waals surface area contributed by atoms with Crippen LogP contribution in [-0.2, 0) is 20.9 Å². The molecule has 0 radical (unpaired) electrons. The van der Waals surface area contributed by atoms with Crippen molar-refractivity contribution in [3.63, 3.8) is 0 Å². The van der Waals surface area contributed by atoms with Crippen LogP contribution in [0.2, 0.25) is 0 Å². The van der Waals surface area contributed by atoms with E-state index in [2.05, 4.69) is 0 Å².